The van der Waals surface area contributed by atoms with Crippen molar-refractivity contribution >= 4 is 45.0 Å². The van der Waals surface area contributed by atoms with Crippen LogP contribution >= 0.6 is 11.3 Å². The number of carbonyl (C=O) groups excluding carboxylic acids is 1. The predicted molar refractivity (Wildman–Crippen MR) is 154 cm³/mol. The third-order valence-corrected chi connectivity index (χ3v) is 8.14. The number of carbonyl (C=O) groups is 1. The van der Waals surface area contributed by atoms with Crippen LogP contribution in [-0.4, -0.2) is 49.1 Å². The first-order valence-electron chi connectivity index (χ1n) is 13.2. The lowest BCUT2D eigenvalue weighted by atomic mass is 9.94. The highest BCUT2D eigenvalue weighted by atomic mass is 32.1. The summed E-state index contributed by atoms with van der Waals surface area (Å²) in [7, 11) is 0. The van der Waals surface area contributed by atoms with Crippen molar-refractivity contribution < 1.29 is 9.18 Å². The molecule has 1 amide bonds. The van der Waals surface area contributed by atoms with E-state index in [2.05, 4.69) is 30.8 Å². The van der Waals surface area contributed by atoms with Gasteiger partial charge in [0.05, 0.1) is 34.1 Å². The average molecular weight is 553 g/mol. The van der Waals surface area contributed by atoms with E-state index in [4.69, 9.17) is 9.97 Å². The summed E-state index contributed by atoms with van der Waals surface area (Å²) >= 11 is 1.09. The number of amides is 1. The number of imidazole rings is 1. The van der Waals surface area contributed by atoms with Crippen molar-refractivity contribution in [1.29, 1.82) is 0 Å². The summed E-state index contributed by atoms with van der Waals surface area (Å²) in [4.78, 5) is 30.9. The van der Waals surface area contributed by atoms with Gasteiger partial charge in [-0.15, -0.1) is 11.3 Å². The molecule has 40 heavy (non-hydrogen) atoms. The van der Waals surface area contributed by atoms with E-state index < -0.39 is 0 Å². The molecule has 7 rings (SSSR count). The predicted octanol–water partition coefficient (Wildman–Crippen LogP) is 5.76. The molecule has 0 bridgehead atoms. The standard InChI is InChI=1S/C29H25FN8OS/c30-24-7-6-23(40-24)19-2-1-3-21-26(19)36-29(35-21)28-27-22(37-38-28)5-4-20(34-27)17-13-18(15-32-14-17)33-25(39)12-16-8-10-31-11-9-16/h1-7,13-16,31H,8-12H2,(H,33,39)(H,35,36)(H,37,38). The molecular formula is C29H25FN8OS. The van der Waals surface area contributed by atoms with Gasteiger partial charge in [-0.1, -0.05) is 12.1 Å². The molecule has 6 heterocycles. The van der Waals surface area contributed by atoms with Crippen molar-refractivity contribution in [1.82, 2.24) is 35.5 Å². The van der Waals surface area contributed by atoms with Crippen LogP contribution in [0.2, 0.25) is 0 Å². The highest BCUT2D eigenvalue weighted by Crippen LogP contribution is 2.34. The monoisotopic (exact) mass is 552 g/mol. The summed E-state index contributed by atoms with van der Waals surface area (Å²) in [5, 5.41) is 13.6. The van der Waals surface area contributed by atoms with Gasteiger partial charge in [-0.25, -0.2) is 9.97 Å². The number of hydrogen-bond donors (Lipinski definition) is 4. The van der Waals surface area contributed by atoms with E-state index in [1.165, 1.54) is 6.07 Å². The zero-order valence-corrected chi connectivity index (χ0v) is 22.2. The molecule has 9 nitrogen and oxygen atoms in total. The first kappa shape index (κ1) is 24.6. The number of nitrogens with one attached hydrogen (secondary N) is 4. The first-order valence-corrected chi connectivity index (χ1v) is 14.0. The minimum Gasteiger partial charge on any atom is -0.336 e. The number of halogens is 1. The van der Waals surface area contributed by atoms with Gasteiger partial charge in [0.2, 0.25) is 5.91 Å². The lowest BCUT2D eigenvalue weighted by Gasteiger charge is -2.21. The Morgan fingerprint density at radius 3 is 2.77 bits per heavy atom. The maximum atomic E-state index is 13.7. The van der Waals surface area contributed by atoms with Crippen LogP contribution in [0, 0.1) is 11.0 Å². The maximum absolute atomic E-state index is 13.7. The number of piperidine rings is 1. The smallest absolute Gasteiger partial charge is 0.224 e. The number of thiophene rings is 1. The van der Waals surface area contributed by atoms with Gasteiger partial charge in [0, 0.05) is 28.6 Å². The fourth-order valence-electron chi connectivity index (χ4n) is 5.24. The first-order chi connectivity index (χ1) is 19.6. The van der Waals surface area contributed by atoms with Crippen molar-refractivity contribution in [2.75, 3.05) is 18.4 Å². The molecule has 0 saturated carbocycles. The molecule has 1 aliphatic rings. The second kappa shape index (κ2) is 10.2. The summed E-state index contributed by atoms with van der Waals surface area (Å²) in [6, 6.07) is 14.7. The highest BCUT2D eigenvalue weighted by Gasteiger charge is 2.19. The number of anilines is 1. The molecule has 0 aliphatic carbocycles. The van der Waals surface area contributed by atoms with E-state index in [1.54, 1.807) is 18.5 Å². The fraction of sp³-hybridized carbons (Fsp3) is 0.207. The van der Waals surface area contributed by atoms with Gasteiger partial charge in [0.15, 0.2) is 16.6 Å². The minimum absolute atomic E-state index is 0.000855. The minimum atomic E-state index is -0.238. The molecule has 6 aromatic rings. The second-order valence-corrected chi connectivity index (χ2v) is 11.0. The van der Waals surface area contributed by atoms with Crippen molar-refractivity contribution in [3.8, 4) is 33.2 Å². The topological polar surface area (TPSA) is 124 Å². The van der Waals surface area contributed by atoms with E-state index in [9.17, 15) is 9.18 Å². The van der Waals surface area contributed by atoms with E-state index in [0.29, 0.717) is 40.8 Å². The molecule has 5 aromatic heterocycles. The Morgan fingerprint density at radius 1 is 1.02 bits per heavy atom. The molecule has 200 valence electrons. The maximum Gasteiger partial charge on any atom is 0.224 e. The highest BCUT2D eigenvalue weighted by molar-refractivity contribution is 7.14. The van der Waals surface area contributed by atoms with E-state index in [1.807, 2.05) is 36.4 Å². The molecule has 0 radical (unpaired) electrons. The van der Waals surface area contributed by atoms with Crippen LogP contribution in [0.15, 0.2) is 60.9 Å². The molecule has 11 heteroatoms. The number of aromatic nitrogens is 6. The lowest BCUT2D eigenvalue weighted by Crippen LogP contribution is -2.30. The SMILES string of the molecule is O=C(CC1CCNCC1)Nc1cncc(-c2ccc3[nH]nc(-c4nc5c(-c6ccc(F)s6)cccc5[nH]4)c3n2)c1. The molecule has 0 spiro atoms. The van der Waals surface area contributed by atoms with Gasteiger partial charge in [0.1, 0.15) is 5.52 Å². The van der Waals surface area contributed by atoms with Crippen LogP contribution in [0.3, 0.4) is 0 Å². The van der Waals surface area contributed by atoms with Crippen molar-refractivity contribution in [2.45, 2.75) is 19.3 Å². The molecule has 1 fully saturated rings. The number of hydrogen-bond acceptors (Lipinski definition) is 7. The Kier molecular flexibility index (Phi) is 6.29. The van der Waals surface area contributed by atoms with Crippen LogP contribution in [-0.2, 0) is 4.79 Å². The largest absolute Gasteiger partial charge is 0.336 e. The summed E-state index contributed by atoms with van der Waals surface area (Å²) in [5.74, 6) is 0.968. The molecular weight excluding hydrogens is 527 g/mol. The number of para-hydroxylation sites is 1. The molecule has 0 unspecified atom stereocenters. The third kappa shape index (κ3) is 4.74. The van der Waals surface area contributed by atoms with Crippen LogP contribution in [0.25, 0.3) is 55.3 Å². The zero-order valence-electron chi connectivity index (χ0n) is 21.4. The van der Waals surface area contributed by atoms with Crippen LogP contribution < -0.4 is 10.6 Å². The zero-order chi connectivity index (χ0) is 27.1. The number of aromatic amines is 2. The Labute approximate surface area is 232 Å². The lowest BCUT2D eigenvalue weighted by molar-refractivity contribution is -0.117. The van der Waals surface area contributed by atoms with Gasteiger partial charge in [-0.05, 0) is 68.2 Å². The normalized spacial score (nSPS) is 14.2. The Bertz CT molecular complexity index is 1850. The van der Waals surface area contributed by atoms with E-state index in [0.717, 1.165) is 69.8 Å². The van der Waals surface area contributed by atoms with Crippen LogP contribution in [0.1, 0.15) is 19.3 Å². The average Bonchev–Trinajstić information content (AvgIpc) is 3.71. The van der Waals surface area contributed by atoms with E-state index in [-0.39, 0.29) is 11.0 Å². The molecule has 1 saturated heterocycles. The number of rotatable bonds is 6. The van der Waals surface area contributed by atoms with Crippen molar-refractivity contribution in [3.05, 3.63) is 66.1 Å². The molecule has 1 aliphatic heterocycles. The Balaban J connectivity index is 1.19. The van der Waals surface area contributed by atoms with Gasteiger partial charge in [0.25, 0.3) is 0 Å². The third-order valence-electron chi connectivity index (χ3n) is 7.23. The summed E-state index contributed by atoms with van der Waals surface area (Å²) in [5.41, 5.74) is 6.53. The van der Waals surface area contributed by atoms with Crippen LogP contribution in [0.5, 0.6) is 0 Å². The van der Waals surface area contributed by atoms with E-state index >= 15 is 0 Å². The number of pyridine rings is 2. The summed E-state index contributed by atoms with van der Waals surface area (Å²) in [6.45, 7) is 1.92. The van der Waals surface area contributed by atoms with Gasteiger partial charge >= 0.3 is 0 Å². The number of fused-ring (bicyclic) bond motifs is 2. The quantitative estimate of drug-likeness (QED) is 0.208. The van der Waals surface area contributed by atoms with Gasteiger partial charge in [-0.3, -0.25) is 14.9 Å². The summed E-state index contributed by atoms with van der Waals surface area (Å²) in [6.07, 6.45) is 5.92. The van der Waals surface area contributed by atoms with Gasteiger partial charge in [-0.2, -0.15) is 9.49 Å². The number of H-pyrrole nitrogens is 2. The molecule has 0 atom stereocenters. The second-order valence-electron chi connectivity index (χ2n) is 9.96. The summed E-state index contributed by atoms with van der Waals surface area (Å²) < 4.78 is 13.7. The molecule has 1 aromatic carbocycles. The Morgan fingerprint density at radius 2 is 1.93 bits per heavy atom. The number of benzene rings is 1. The fourth-order valence-corrected chi connectivity index (χ4v) is 5.99. The Hall–Kier alpha value is -4.48. The molecule has 4 N–H and O–H groups in total. The van der Waals surface area contributed by atoms with Crippen molar-refractivity contribution in [2.24, 2.45) is 5.92 Å². The number of nitrogens with zero attached hydrogens (tertiary/aromatic N) is 4. The van der Waals surface area contributed by atoms with Gasteiger partial charge < -0.3 is 15.6 Å². The van der Waals surface area contributed by atoms with Crippen LogP contribution in [0.4, 0.5) is 10.1 Å². The van der Waals surface area contributed by atoms with Crippen molar-refractivity contribution in [3.63, 3.8) is 0 Å².